The zero-order valence-electron chi connectivity index (χ0n) is 11.3. The van der Waals surface area contributed by atoms with Crippen LogP contribution in [-0.4, -0.2) is 23.5 Å². The molecule has 21 heavy (non-hydrogen) atoms. The SMILES string of the molecule is CC(=O)NCC=Cc1ccc2oc(C(=O)O)cc(=O)c2c1. The molecule has 0 unspecified atom stereocenters. The van der Waals surface area contributed by atoms with E-state index in [2.05, 4.69) is 5.32 Å². The monoisotopic (exact) mass is 287 g/mol. The minimum atomic E-state index is -1.28. The molecule has 0 fully saturated rings. The number of carbonyl (C=O) groups is 2. The van der Waals surface area contributed by atoms with Crippen LogP contribution >= 0.6 is 0 Å². The van der Waals surface area contributed by atoms with Crippen LogP contribution in [0.1, 0.15) is 23.0 Å². The molecule has 0 radical (unpaired) electrons. The molecular weight excluding hydrogens is 274 g/mol. The van der Waals surface area contributed by atoms with Crippen LogP contribution in [0.5, 0.6) is 0 Å². The number of aromatic carboxylic acids is 1. The molecule has 0 aliphatic heterocycles. The molecule has 2 rings (SSSR count). The first-order chi connectivity index (χ1) is 9.97. The summed E-state index contributed by atoms with van der Waals surface area (Å²) in [5.74, 6) is -1.80. The fourth-order valence-corrected chi connectivity index (χ4v) is 1.78. The van der Waals surface area contributed by atoms with Crippen LogP contribution in [0.3, 0.4) is 0 Å². The lowest BCUT2D eigenvalue weighted by Crippen LogP contribution is -2.19. The molecule has 6 nitrogen and oxygen atoms in total. The highest BCUT2D eigenvalue weighted by molar-refractivity contribution is 5.88. The number of carboxylic acid groups (broad SMARTS) is 1. The Hall–Kier alpha value is -2.89. The van der Waals surface area contributed by atoms with E-state index in [0.717, 1.165) is 11.6 Å². The molecule has 0 aliphatic rings. The quantitative estimate of drug-likeness (QED) is 0.891. The van der Waals surface area contributed by atoms with Gasteiger partial charge in [-0.1, -0.05) is 18.2 Å². The summed E-state index contributed by atoms with van der Waals surface area (Å²) in [4.78, 5) is 33.4. The summed E-state index contributed by atoms with van der Waals surface area (Å²) in [6.45, 7) is 1.81. The van der Waals surface area contributed by atoms with Gasteiger partial charge in [0.25, 0.3) is 0 Å². The van der Waals surface area contributed by atoms with E-state index in [9.17, 15) is 14.4 Å². The predicted octanol–water partition coefficient (Wildman–Crippen LogP) is 1.64. The van der Waals surface area contributed by atoms with Gasteiger partial charge in [-0.15, -0.1) is 0 Å². The third kappa shape index (κ3) is 3.56. The molecule has 6 heteroatoms. The molecule has 0 aliphatic carbocycles. The highest BCUT2D eigenvalue weighted by Gasteiger charge is 2.10. The zero-order valence-corrected chi connectivity index (χ0v) is 11.3. The summed E-state index contributed by atoms with van der Waals surface area (Å²) in [6.07, 6.45) is 3.50. The first kappa shape index (κ1) is 14.5. The Labute approximate surface area is 119 Å². The fraction of sp³-hybridized carbons (Fsp3) is 0.133. The van der Waals surface area contributed by atoms with Gasteiger partial charge >= 0.3 is 5.97 Å². The second-order valence-corrected chi connectivity index (χ2v) is 4.38. The van der Waals surface area contributed by atoms with Crippen LogP contribution in [0.25, 0.3) is 17.0 Å². The maximum Gasteiger partial charge on any atom is 0.371 e. The summed E-state index contributed by atoms with van der Waals surface area (Å²) < 4.78 is 5.14. The van der Waals surface area contributed by atoms with Gasteiger partial charge in [0.15, 0.2) is 5.43 Å². The third-order valence-corrected chi connectivity index (χ3v) is 2.74. The van der Waals surface area contributed by atoms with E-state index in [-0.39, 0.29) is 17.3 Å². The van der Waals surface area contributed by atoms with Crippen molar-refractivity contribution in [1.29, 1.82) is 0 Å². The lowest BCUT2D eigenvalue weighted by molar-refractivity contribution is -0.118. The number of carbonyl (C=O) groups excluding carboxylic acids is 1. The number of carboxylic acids is 1. The molecular formula is C15H13NO5. The second-order valence-electron chi connectivity index (χ2n) is 4.38. The minimum Gasteiger partial charge on any atom is -0.475 e. The molecule has 1 heterocycles. The highest BCUT2D eigenvalue weighted by atomic mass is 16.4. The van der Waals surface area contributed by atoms with Crippen molar-refractivity contribution in [2.45, 2.75) is 6.92 Å². The summed E-state index contributed by atoms with van der Waals surface area (Å²) in [5.41, 5.74) is 0.563. The van der Waals surface area contributed by atoms with E-state index in [4.69, 9.17) is 9.52 Å². The largest absolute Gasteiger partial charge is 0.475 e. The normalized spacial score (nSPS) is 10.9. The lowest BCUT2D eigenvalue weighted by atomic mass is 10.1. The second kappa shape index (κ2) is 6.04. The molecule has 2 N–H and O–H groups in total. The number of amides is 1. The van der Waals surface area contributed by atoms with E-state index in [1.807, 2.05) is 0 Å². The molecule has 0 saturated heterocycles. The average molecular weight is 287 g/mol. The van der Waals surface area contributed by atoms with Crippen LogP contribution in [-0.2, 0) is 4.79 Å². The molecule has 108 valence electrons. The van der Waals surface area contributed by atoms with Crippen LogP contribution in [0.4, 0.5) is 0 Å². The Balaban J connectivity index is 2.32. The van der Waals surface area contributed by atoms with Crippen molar-refractivity contribution in [2.75, 3.05) is 6.54 Å². The standard InChI is InChI=1S/C15H13NO5/c1-9(17)16-6-2-3-10-4-5-13-11(7-10)12(18)8-14(21-13)15(19)20/h2-5,7-8H,6H2,1H3,(H,16,17)(H,19,20). The minimum absolute atomic E-state index is 0.125. The van der Waals surface area contributed by atoms with E-state index in [1.165, 1.54) is 6.92 Å². The molecule has 1 amide bonds. The summed E-state index contributed by atoms with van der Waals surface area (Å²) >= 11 is 0. The highest BCUT2D eigenvalue weighted by Crippen LogP contribution is 2.15. The maximum absolute atomic E-state index is 11.9. The van der Waals surface area contributed by atoms with Gasteiger partial charge in [0.1, 0.15) is 5.58 Å². The van der Waals surface area contributed by atoms with E-state index in [1.54, 1.807) is 30.4 Å². The van der Waals surface area contributed by atoms with Gasteiger partial charge < -0.3 is 14.8 Å². The van der Waals surface area contributed by atoms with E-state index in [0.29, 0.717) is 11.9 Å². The van der Waals surface area contributed by atoms with Gasteiger partial charge in [-0.3, -0.25) is 9.59 Å². The number of rotatable bonds is 4. The van der Waals surface area contributed by atoms with Crippen LogP contribution in [0.15, 0.2) is 39.6 Å². The predicted molar refractivity (Wildman–Crippen MR) is 77.2 cm³/mol. The molecule has 2 aromatic rings. The van der Waals surface area contributed by atoms with Crippen LogP contribution in [0.2, 0.25) is 0 Å². The number of fused-ring (bicyclic) bond motifs is 1. The Morgan fingerprint density at radius 2 is 2.10 bits per heavy atom. The van der Waals surface area contributed by atoms with E-state index < -0.39 is 11.4 Å². The molecule has 0 spiro atoms. The van der Waals surface area contributed by atoms with Crippen LogP contribution < -0.4 is 10.7 Å². The summed E-state index contributed by atoms with van der Waals surface area (Å²) in [6, 6.07) is 5.80. The number of nitrogens with one attached hydrogen (secondary N) is 1. The number of hydrogen-bond donors (Lipinski definition) is 2. The molecule has 0 bridgehead atoms. The average Bonchev–Trinajstić information content (AvgIpc) is 2.43. The van der Waals surface area contributed by atoms with Crippen molar-refractivity contribution in [3.63, 3.8) is 0 Å². The number of hydrogen-bond acceptors (Lipinski definition) is 4. The Morgan fingerprint density at radius 1 is 1.33 bits per heavy atom. The van der Waals surface area contributed by atoms with Crippen molar-refractivity contribution in [2.24, 2.45) is 0 Å². The van der Waals surface area contributed by atoms with Crippen molar-refractivity contribution in [3.8, 4) is 0 Å². The third-order valence-electron chi connectivity index (χ3n) is 2.74. The smallest absolute Gasteiger partial charge is 0.371 e. The van der Waals surface area contributed by atoms with E-state index >= 15 is 0 Å². The Kier molecular flexibility index (Phi) is 4.18. The van der Waals surface area contributed by atoms with Crippen molar-refractivity contribution >= 4 is 28.9 Å². The van der Waals surface area contributed by atoms with Crippen molar-refractivity contribution in [1.82, 2.24) is 5.32 Å². The molecule has 0 atom stereocenters. The first-order valence-corrected chi connectivity index (χ1v) is 6.19. The van der Waals surface area contributed by atoms with Gasteiger partial charge in [-0.25, -0.2) is 4.79 Å². The lowest BCUT2D eigenvalue weighted by Gasteiger charge is -2.01. The van der Waals surface area contributed by atoms with Gasteiger partial charge in [0.2, 0.25) is 11.7 Å². The van der Waals surface area contributed by atoms with Crippen molar-refractivity contribution < 1.29 is 19.1 Å². The molecule has 0 saturated carbocycles. The van der Waals surface area contributed by atoms with Gasteiger partial charge in [-0.2, -0.15) is 0 Å². The topological polar surface area (TPSA) is 96.6 Å². The Morgan fingerprint density at radius 3 is 2.76 bits per heavy atom. The Bertz CT molecular complexity index is 788. The van der Waals surface area contributed by atoms with Crippen molar-refractivity contribution in [3.05, 3.63) is 51.9 Å². The first-order valence-electron chi connectivity index (χ1n) is 6.19. The molecule has 1 aromatic heterocycles. The fourth-order valence-electron chi connectivity index (χ4n) is 1.78. The number of benzene rings is 1. The van der Waals surface area contributed by atoms with Crippen LogP contribution in [0, 0.1) is 0 Å². The zero-order chi connectivity index (χ0) is 15.4. The molecule has 1 aromatic carbocycles. The maximum atomic E-state index is 11.9. The summed E-state index contributed by atoms with van der Waals surface area (Å²) in [5, 5.41) is 11.8. The summed E-state index contributed by atoms with van der Waals surface area (Å²) in [7, 11) is 0. The van der Waals surface area contributed by atoms with Gasteiger partial charge in [0, 0.05) is 19.5 Å². The van der Waals surface area contributed by atoms with Gasteiger partial charge in [-0.05, 0) is 17.7 Å². The van der Waals surface area contributed by atoms with Gasteiger partial charge in [0.05, 0.1) is 5.39 Å².